The largest absolute Gasteiger partial charge is 0.398 e. The molecule has 4 aromatic rings. The summed E-state index contributed by atoms with van der Waals surface area (Å²) >= 11 is 19.9. The van der Waals surface area contributed by atoms with Crippen molar-refractivity contribution in [1.29, 1.82) is 10.5 Å². The van der Waals surface area contributed by atoms with Crippen LogP contribution in [0.2, 0.25) is 15.5 Å². The summed E-state index contributed by atoms with van der Waals surface area (Å²) < 4.78 is 0. The van der Waals surface area contributed by atoms with Gasteiger partial charge in [-0.2, -0.15) is 10.5 Å². The number of nitrogens with one attached hydrogen (secondary N) is 3. The van der Waals surface area contributed by atoms with Crippen molar-refractivity contribution in [1.82, 2.24) is 30.9 Å². The first-order valence-electron chi connectivity index (χ1n) is 13.4. The summed E-state index contributed by atoms with van der Waals surface area (Å²) in [6.07, 6.45) is 3.61. The Kier molecular flexibility index (Phi) is 16.8. The number of nitrogen functional groups attached to an aromatic ring is 1. The van der Waals surface area contributed by atoms with Gasteiger partial charge >= 0.3 is 0 Å². The Labute approximate surface area is 306 Å². The van der Waals surface area contributed by atoms with Gasteiger partial charge in [0.05, 0.1) is 14.2 Å². The van der Waals surface area contributed by atoms with Crippen molar-refractivity contribution < 1.29 is 19.3 Å². The number of hydrogen-bond acceptors (Lipinski definition) is 14. The number of carbonyl (C=O) groups is 2. The van der Waals surface area contributed by atoms with E-state index in [1.807, 2.05) is 32.2 Å². The monoisotopic (exact) mass is 762 g/mol. The molecule has 0 saturated carbocycles. The number of thioether (sulfide) groups is 2. The molecule has 0 aliphatic carbocycles. The molecule has 14 nitrogen and oxygen atoms in total. The smallest absolute Gasteiger partial charge is 0.274 e. The fraction of sp³-hybridized carbons (Fsp3) is 0.200. The average Bonchev–Trinajstić information content (AvgIpc) is 3.07. The molecule has 49 heavy (non-hydrogen) atoms. The fourth-order valence-electron chi connectivity index (χ4n) is 3.38. The van der Waals surface area contributed by atoms with Crippen LogP contribution < -0.4 is 22.0 Å². The maximum Gasteiger partial charge on any atom is 0.274 e. The van der Waals surface area contributed by atoms with Crippen LogP contribution in [-0.2, 0) is 9.68 Å². The average molecular weight is 764 g/mol. The van der Waals surface area contributed by atoms with Gasteiger partial charge in [-0.1, -0.05) is 70.5 Å². The molecule has 0 aliphatic rings. The van der Waals surface area contributed by atoms with Gasteiger partial charge < -0.3 is 11.1 Å². The van der Waals surface area contributed by atoms with E-state index in [9.17, 15) is 14.9 Å². The number of hydrogen-bond donors (Lipinski definition) is 4. The van der Waals surface area contributed by atoms with Crippen molar-refractivity contribution in [3.8, 4) is 12.1 Å². The van der Waals surface area contributed by atoms with E-state index >= 15 is 0 Å². The molecule has 2 aromatic heterocycles. The highest BCUT2D eigenvalue weighted by Crippen LogP contribution is 2.28. The molecule has 2 heterocycles. The van der Waals surface area contributed by atoms with E-state index in [1.165, 1.54) is 37.7 Å². The Morgan fingerprint density at radius 1 is 0.755 bits per heavy atom. The van der Waals surface area contributed by atoms with Gasteiger partial charge in [0, 0.05) is 22.5 Å². The molecule has 2 amide bonds. The van der Waals surface area contributed by atoms with E-state index < -0.39 is 0 Å². The molecule has 5 N–H and O–H groups in total. The molecule has 0 aliphatic heterocycles. The maximum atomic E-state index is 11.9. The summed E-state index contributed by atoms with van der Waals surface area (Å²) in [5.74, 6) is -0.393. The lowest BCUT2D eigenvalue weighted by molar-refractivity contribution is 0.0533. The van der Waals surface area contributed by atoms with Crippen molar-refractivity contribution >= 4 is 87.3 Å². The Hall–Kier alpha value is -4.39. The summed E-state index contributed by atoms with van der Waals surface area (Å²) in [5, 5.41) is 22.1. The van der Waals surface area contributed by atoms with Crippen molar-refractivity contribution in [2.24, 2.45) is 0 Å². The van der Waals surface area contributed by atoms with E-state index in [0.29, 0.717) is 32.8 Å². The topological polar surface area (TPSA) is 214 Å². The number of aryl methyl sites for hydroxylation is 2. The normalized spacial score (nSPS) is 9.86. The molecule has 2 aromatic carbocycles. The standard InChI is InChI=1S/C15H14ClN5O2S.C9H12N2O2.C6H3Cl2N3S/c1-8-4-5-9(14(22)21-23-2)6-11(8)18-13-10(7-17)12(16)19-15(20-13)24-3;1-6-3-4-7(5-8(6)10)9(12)11-13-2;1-12-6-10-4(7)3(2-9)5(8)11-6/h4-6H,1-3H3,(H,21,22)(H,18,19,20);3-5H,10H2,1-2H3,(H,11,12);1H3. The lowest BCUT2D eigenvalue weighted by atomic mass is 10.1. The molecule has 19 heteroatoms. The molecular weight excluding hydrogens is 735 g/mol. The molecule has 0 saturated heterocycles. The Balaban J connectivity index is 0.000000281. The van der Waals surface area contributed by atoms with Gasteiger partial charge in [-0.15, -0.1) is 0 Å². The predicted molar refractivity (Wildman–Crippen MR) is 191 cm³/mol. The second-order valence-electron chi connectivity index (χ2n) is 9.11. The van der Waals surface area contributed by atoms with Crippen LogP contribution in [0.1, 0.15) is 43.0 Å². The van der Waals surface area contributed by atoms with Crippen LogP contribution in [0.5, 0.6) is 0 Å². The third kappa shape index (κ3) is 11.9. The van der Waals surface area contributed by atoms with Gasteiger partial charge in [0.2, 0.25) is 0 Å². The molecule has 0 unspecified atom stereocenters. The van der Waals surface area contributed by atoms with Crippen LogP contribution in [-0.4, -0.2) is 58.5 Å². The fourth-order valence-corrected chi connectivity index (χ4v) is 4.94. The zero-order chi connectivity index (χ0) is 36.7. The van der Waals surface area contributed by atoms with Crippen LogP contribution in [0, 0.1) is 36.5 Å². The number of rotatable bonds is 8. The number of benzene rings is 2. The molecule has 0 bridgehead atoms. The molecule has 0 atom stereocenters. The molecule has 4 rings (SSSR count). The molecule has 0 radical (unpaired) electrons. The second kappa shape index (κ2) is 20.2. The van der Waals surface area contributed by atoms with Crippen LogP contribution in [0.15, 0.2) is 46.7 Å². The molecular formula is C30H29Cl3N10O4S2. The van der Waals surface area contributed by atoms with Crippen molar-refractivity contribution in [3.05, 3.63) is 85.2 Å². The number of nitriles is 2. The lowest BCUT2D eigenvalue weighted by Crippen LogP contribution is -2.21. The van der Waals surface area contributed by atoms with E-state index in [4.69, 9.17) is 45.8 Å². The summed E-state index contributed by atoms with van der Waals surface area (Å²) in [5.41, 5.74) is 14.3. The molecule has 256 valence electrons. The summed E-state index contributed by atoms with van der Waals surface area (Å²) in [6, 6.07) is 14.0. The number of carbonyl (C=O) groups excluding carboxylic acids is 2. The summed E-state index contributed by atoms with van der Waals surface area (Å²) in [7, 11) is 2.74. The highest BCUT2D eigenvalue weighted by molar-refractivity contribution is 7.98. The zero-order valence-corrected chi connectivity index (χ0v) is 30.7. The summed E-state index contributed by atoms with van der Waals surface area (Å²) in [4.78, 5) is 48.2. The Morgan fingerprint density at radius 2 is 1.20 bits per heavy atom. The molecule has 0 spiro atoms. The van der Waals surface area contributed by atoms with E-state index in [-0.39, 0.29) is 44.2 Å². The first kappa shape index (κ1) is 40.8. The minimum absolute atomic E-state index is 0.0743. The number of aromatic nitrogens is 4. The van der Waals surface area contributed by atoms with Crippen LogP contribution in [0.3, 0.4) is 0 Å². The number of halogens is 3. The highest BCUT2D eigenvalue weighted by Gasteiger charge is 2.15. The van der Waals surface area contributed by atoms with Crippen molar-refractivity contribution in [3.63, 3.8) is 0 Å². The van der Waals surface area contributed by atoms with Crippen LogP contribution >= 0.6 is 58.3 Å². The van der Waals surface area contributed by atoms with E-state index in [2.05, 4.69) is 45.9 Å². The number of nitrogens with zero attached hydrogens (tertiary/aromatic N) is 6. The van der Waals surface area contributed by atoms with Gasteiger partial charge in [-0.25, -0.2) is 30.9 Å². The first-order valence-corrected chi connectivity index (χ1v) is 17.0. The van der Waals surface area contributed by atoms with E-state index in [1.54, 1.807) is 42.7 Å². The number of hydroxylamine groups is 2. The lowest BCUT2D eigenvalue weighted by Gasteiger charge is -2.13. The van der Waals surface area contributed by atoms with Gasteiger partial charge in [-0.3, -0.25) is 19.3 Å². The second-order valence-corrected chi connectivity index (χ2v) is 11.7. The predicted octanol–water partition coefficient (Wildman–Crippen LogP) is 6.31. The minimum atomic E-state index is -0.383. The van der Waals surface area contributed by atoms with Gasteiger partial charge in [0.25, 0.3) is 11.8 Å². The molecule has 0 fully saturated rings. The summed E-state index contributed by atoms with van der Waals surface area (Å²) in [6.45, 7) is 3.75. The minimum Gasteiger partial charge on any atom is -0.398 e. The number of nitrogens with two attached hydrogens (primary N) is 1. The SMILES string of the molecule is CONC(=O)c1ccc(C)c(N)c1.CONC(=O)c1ccc(C)c(Nc2nc(SC)nc(Cl)c2C#N)c1.CSc1nc(Cl)c(C#N)c(Cl)n1. The maximum absolute atomic E-state index is 11.9. The third-order valence-corrected chi connectivity index (χ3v) is 7.83. The van der Waals surface area contributed by atoms with Crippen LogP contribution in [0.25, 0.3) is 0 Å². The Bertz CT molecular complexity index is 1880. The van der Waals surface area contributed by atoms with Gasteiger partial charge in [0.1, 0.15) is 23.3 Å². The third-order valence-electron chi connectivity index (χ3n) is 5.92. The first-order chi connectivity index (χ1) is 23.3. The van der Waals surface area contributed by atoms with Gasteiger partial charge in [0.15, 0.2) is 31.6 Å². The van der Waals surface area contributed by atoms with Crippen molar-refractivity contribution in [2.45, 2.75) is 24.2 Å². The van der Waals surface area contributed by atoms with Crippen LogP contribution in [0.4, 0.5) is 17.2 Å². The number of anilines is 3. The van der Waals surface area contributed by atoms with Gasteiger partial charge in [-0.05, 0) is 61.8 Å². The highest BCUT2D eigenvalue weighted by atomic mass is 35.5. The zero-order valence-electron chi connectivity index (χ0n) is 26.8. The number of amides is 2. The quantitative estimate of drug-likeness (QED) is 0.0509. The Morgan fingerprint density at radius 3 is 1.65 bits per heavy atom. The van der Waals surface area contributed by atoms with E-state index in [0.717, 1.165) is 11.1 Å². The van der Waals surface area contributed by atoms with Crippen molar-refractivity contribution in [2.75, 3.05) is 37.8 Å².